The summed E-state index contributed by atoms with van der Waals surface area (Å²) in [6, 6.07) is 6.60. The highest BCUT2D eigenvalue weighted by Crippen LogP contribution is 2.26. The fraction of sp³-hybridized carbons (Fsp3) is 0.308. The van der Waals surface area contributed by atoms with E-state index in [2.05, 4.69) is 53.0 Å². The average Bonchev–Trinajstić information content (AvgIpc) is 2.56. The Morgan fingerprint density at radius 1 is 1.29 bits per heavy atom. The molecule has 2 nitrogen and oxygen atoms in total. The Hall–Kier alpha value is -0.870. The number of rotatable bonds is 3. The van der Waals surface area contributed by atoms with E-state index in [4.69, 9.17) is 5.73 Å². The minimum Gasteiger partial charge on any atom is -0.375 e. The summed E-state index contributed by atoms with van der Waals surface area (Å²) < 4.78 is 0.893. The fourth-order valence-electron chi connectivity index (χ4n) is 1.88. The molecule has 2 N–H and O–H groups in total. The predicted octanol–water partition coefficient (Wildman–Crippen LogP) is 3.89. The first-order chi connectivity index (χ1) is 8.06. The second-order valence-electron chi connectivity index (χ2n) is 4.20. The van der Waals surface area contributed by atoms with Gasteiger partial charge in [-0.25, -0.2) is 4.98 Å². The standard InChI is InChI=1S/C13H15BrN2S/c1-8-3-4-10(9(2)7-8)5-6-11-12(14)16-13(15)17-11/h3-4,7H,5-6H2,1-2H3,(H2,15,16). The summed E-state index contributed by atoms with van der Waals surface area (Å²) in [5.41, 5.74) is 9.75. The number of nitrogens with two attached hydrogens (primary N) is 1. The molecule has 0 saturated heterocycles. The minimum absolute atomic E-state index is 0.632. The molecule has 0 aliphatic heterocycles. The highest BCUT2D eigenvalue weighted by Gasteiger charge is 2.07. The van der Waals surface area contributed by atoms with Crippen LogP contribution in [-0.2, 0) is 12.8 Å². The second kappa shape index (κ2) is 5.19. The van der Waals surface area contributed by atoms with Crippen LogP contribution in [0.1, 0.15) is 21.6 Å². The van der Waals surface area contributed by atoms with Gasteiger partial charge in [-0.1, -0.05) is 23.8 Å². The SMILES string of the molecule is Cc1ccc(CCc2sc(N)nc2Br)c(C)c1. The number of benzene rings is 1. The largest absolute Gasteiger partial charge is 0.375 e. The fourth-order valence-corrected chi connectivity index (χ4v) is 3.35. The van der Waals surface area contributed by atoms with E-state index in [-0.39, 0.29) is 0 Å². The third kappa shape index (κ3) is 3.07. The van der Waals surface area contributed by atoms with E-state index in [1.165, 1.54) is 21.6 Å². The molecule has 0 aliphatic carbocycles. The van der Waals surface area contributed by atoms with E-state index >= 15 is 0 Å². The molecule has 1 aromatic carbocycles. The van der Waals surface area contributed by atoms with Crippen LogP contribution < -0.4 is 5.73 Å². The van der Waals surface area contributed by atoms with Crippen LogP contribution in [0, 0.1) is 13.8 Å². The van der Waals surface area contributed by atoms with Gasteiger partial charge in [-0.2, -0.15) is 0 Å². The Morgan fingerprint density at radius 2 is 2.06 bits per heavy atom. The van der Waals surface area contributed by atoms with Crippen molar-refractivity contribution in [1.29, 1.82) is 0 Å². The molecule has 0 bridgehead atoms. The van der Waals surface area contributed by atoms with E-state index in [0.717, 1.165) is 17.4 Å². The van der Waals surface area contributed by atoms with Crippen LogP contribution in [0.3, 0.4) is 0 Å². The van der Waals surface area contributed by atoms with Crippen molar-refractivity contribution in [2.75, 3.05) is 5.73 Å². The van der Waals surface area contributed by atoms with Crippen molar-refractivity contribution < 1.29 is 0 Å². The number of hydrogen-bond acceptors (Lipinski definition) is 3. The van der Waals surface area contributed by atoms with E-state index in [9.17, 15) is 0 Å². The second-order valence-corrected chi connectivity index (χ2v) is 6.06. The number of halogens is 1. The molecule has 0 saturated carbocycles. The number of aromatic nitrogens is 1. The molecule has 0 fully saturated rings. The van der Waals surface area contributed by atoms with Crippen LogP contribution in [0.4, 0.5) is 5.13 Å². The first-order valence-corrected chi connectivity index (χ1v) is 7.14. The molecule has 1 heterocycles. The summed E-state index contributed by atoms with van der Waals surface area (Å²) >= 11 is 5.00. The number of anilines is 1. The zero-order valence-corrected chi connectivity index (χ0v) is 12.4. The summed E-state index contributed by atoms with van der Waals surface area (Å²) in [5.74, 6) is 0. The molecule has 0 radical (unpaired) electrons. The highest BCUT2D eigenvalue weighted by atomic mass is 79.9. The van der Waals surface area contributed by atoms with Gasteiger partial charge in [0.15, 0.2) is 5.13 Å². The molecule has 0 aliphatic rings. The lowest BCUT2D eigenvalue weighted by Gasteiger charge is -2.05. The lowest BCUT2D eigenvalue weighted by Crippen LogP contribution is -1.93. The van der Waals surface area contributed by atoms with Gasteiger partial charge >= 0.3 is 0 Å². The number of hydrogen-bond donors (Lipinski definition) is 1. The normalized spacial score (nSPS) is 10.8. The van der Waals surface area contributed by atoms with E-state index in [1.54, 1.807) is 11.3 Å². The Labute approximate surface area is 114 Å². The van der Waals surface area contributed by atoms with E-state index < -0.39 is 0 Å². The molecule has 4 heteroatoms. The van der Waals surface area contributed by atoms with Crippen molar-refractivity contribution in [2.45, 2.75) is 26.7 Å². The summed E-state index contributed by atoms with van der Waals surface area (Å²) in [6.07, 6.45) is 2.02. The quantitative estimate of drug-likeness (QED) is 0.934. The maximum atomic E-state index is 5.68. The first kappa shape index (κ1) is 12.6. The van der Waals surface area contributed by atoms with Crippen LogP contribution in [0.15, 0.2) is 22.8 Å². The Bertz CT molecular complexity index is 534. The predicted molar refractivity (Wildman–Crippen MR) is 77.6 cm³/mol. The summed E-state index contributed by atoms with van der Waals surface area (Å²) in [6.45, 7) is 4.29. The molecule has 2 aromatic rings. The van der Waals surface area contributed by atoms with Crippen molar-refractivity contribution in [3.8, 4) is 0 Å². The topological polar surface area (TPSA) is 38.9 Å². The Balaban J connectivity index is 2.10. The van der Waals surface area contributed by atoms with Gasteiger partial charge in [0.2, 0.25) is 0 Å². The van der Waals surface area contributed by atoms with E-state index in [1.807, 2.05) is 0 Å². The maximum absolute atomic E-state index is 5.68. The molecule has 0 unspecified atom stereocenters. The van der Waals surface area contributed by atoms with E-state index in [0.29, 0.717) is 5.13 Å². The minimum atomic E-state index is 0.632. The van der Waals surface area contributed by atoms with Crippen molar-refractivity contribution in [3.63, 3.8) is 0 Å². The zero-order chi connectivity index (χ0) is 12.4. The monoisotopic (exact) mass is 310 g/mol. The number of thiazole rings is 1. The van der Waals surface area contributed by atoms with Crippen LogP contribution >= 0.6 is 27.3 Å². The van der Waals surface area contributed by atoms with Gasteiger partial charge in [-0.05, 0) is 53.7 Å². The smallest absolute Gasteiger partial charge is 0.181 e. The molecule has 0 amide bonds. The molecule has 1 aromatic heterocycles. The average molecular weight is 311 g/mol. The molecule has 2 rings (SSSR count). The molecular weight excluding hydrogens is 296 g/mol. The summed E-state index contributed by atoms with van der Waals surface area (Å²) in [4.78, 5) is 5.40. The van der Waals surface area contributed by atoms with Gasteiger partial charge in [-0.15, -0.1) is 11.3 Å². The third-order valence-corrected chi connectivity index (χ3v) is 4.65. The Kier molecular flexibility index (Phi) is 3.84. The molecule has 0 spiro atoms. The number of nitrogen functional groups attached to an aromatic ring is 1. The molecular formula is C13H15BrN2S. The molecule has 17 heavy (non-hydrogen) atoms. The lowest BCUT2D eigenvalue weighted by atomic mass is 10.0. The van der Waals surface area contributed by atoms with Gasteiger partial charge in [0, 0.05) is 4.88 Å². The molecule has 90 valence electrons. The van der Waals surface area contributed by atoms with Gasteiger partial charge in [0.1, 0.15) is 4.60 Å². The van der Waals surface area contributed by atoms with Gasteiger partial charge in [0.25, 0.3) is 0 Å². The lowest BCUT2D eigenvalue weighted by molar-refractivity contribution is 0.956. The van der Waals surface area contributed by atoms with Crippen LogP contribution in [-0.4, -0.2) is 4.98 Å². The maximum Gasteiger partial charge on any atom is 0.181 e. The van der Waals surface area contributed by atoms with Crippen LogP contribution in [0.2, 0.25) is 0 Å². The summed E-state index contributed by atoms with van der Waals surface area (Å²) in [5, 5.41) is 0.632. The van der Waals surface area contributed by atoms with Crippen molar-refractivity contribution in [3.05, 3.63) is 44.4 Å². The number of nitrogens with zero attached hydrogens (tertiary/aromatic N) is 1. The zero-order valence-electron chi connectivity index (χ0n) is 9.96. The van der Waals surface area contributed by atoms with Crippen molar-refractivity contribution >= 4 is 32.4 Å². The highest BCUT2D eigenvalue weighted by molar-refractivity contribution is 9.10. The first-order valence-electron chi connectivity index (χ1n) is 5.53. The number of aryl methyl sites for hydroxylation is 4. The van der Waals surface area contributed by atoms with Crippen molar-refractivity contribution in [2.24, 2.45) is 0 Å². The van der Waals surface area contributed by atoms with Gasteiger partial charge in [-0.3, -0.25) is 0 Å². The molecule has 0 atom stereocenters. The third-order valence-electron chi connectivity index (χ3n) is 2.79. The van der Waals surface area contributed by atoms with Crippen LogP contribution in [0.5, 0.6) is 0 Å². The Morgan fingerprint density at radius 3 is 2.65 bits per heavy atom. The summed E-state index contributed by atoms with van der Waals surface area (Å²) in [7, 11) is 0. The van der Waals surface area contributed by atoms with Crippen molar-refractivity contribution in [1.82, 2.24) is 4.98 Å². The van der Waals surface area contributed by atoms with Gasteiger partial charge in [0.05, 0.1) is 0 Å². The van der Waals surface area contributed by atoms with Crippen LogP contribution in [0.25, 0.3) is 0 Å². The van der Waals surface area contributed by atoms with Gasteiger partial charge < -0.3 is 5.73 Å².